The molecule has 104 valence electrons. The van der Waals surface area contributed by atoms with Gasteiger partial charge in [0, 0.05) is 18.8 Å². The summed E-state index contributed by atoms with van der Waals surface area (Å²) in [7, 11) is 0. The number of carboxylic acid groups (broad SMARTS) is 1. The van der Waals surface area contributed by atoms with Gasteiger partial charge >= 0.3 is 5.97 Å². The highest BCUT2D eigenvalue weighted by molar-refractivity contribution is 5.94. The Labute approximate surface area is 112 Å². The van der Waals surface area contributed by atoms with Crippen molar-refractivity contribution in [2.24, 2.45) is 5.73 Å². The zero-order chi connectivity index (χ0) is 14.3. The summed E-state index contributed by atoms with van der Waals surface area (Å²) in [6.45, 7) is 2.55. The van der Waals surface area contributed by atoms with Crippen LogP contribution in [0.2, 0.25) is 0 Å². The molecule has 6 nitrogen and oxygen atoms in total. The van der Waals surface area contributed by atoms with Gasteiger partial charge in [-0.15, -0.1) is 0 Å². The molecule has 0 aliphatic rings. The summed E-state index contributed by atoms with van der Waals surface area (Å²) >= 11 is 0. The van der Waals surface area contributed by atoms with Crippen LogP contribution in [0.4, 0.5) is 5.69 Å². The number of rotatable bonds is 7. The highest BCUT2D eigenvalue weighted by atomic mass is 16.4. The number of carbonyl (C=O) groups is 2. The molecule has 0 aliphatic heterocycles. The third-order valence-electron chi connectivity index (χ3n) is 2.64. The van der Waals surface area contributed by atoms with Crippen LogP contribution in [0.5, 0.6) is 0 Å². The van der Waals surface area contributed by atoms with Crippen molar-refractivity contribution < 1.29 is 14.7 Å². The lowest BCUT2D eigenvalue weighted by atomic mass is 10.1. The molecule has 19 heavy (non-hydrogen) atoms. The van der Waals surface area contributed by atoms with Crippen molar-refractivity contribution in [2.45, 2.75) is 19.4 Å². The summed E-state index contributed by atoms with van der Waals surface area (Å²) in [5, 5.41) is 14.4. The fourth-order valence-corrected chi connectivity index (χ4v) is 1.60. The van der Waals surface area contributed by atoms with E-state index in [-0.39, 0.29) is 12.3 Å². The zero-order valence-electron chi connectivity index (χ0n) is 10.8. The zero-order valence-corrected chi connectivity index (χ0v) is 10.8. The molecule has 1 aromatic rings. The highest BCUT2D eigenvalue weighted by Gasteiger charge is 2.20. The summed E-state index contributed by atoms with van der Waals surface area (Å²) < 4.78 is 0. The first kappa shape index (κ1) is 15.1. The molecule has 0 fully saturated rings. The second-order valence-electron chi connectivity index (χ2n) is 4.20. The number of para-hydroxylation sites is 1. The molecule has 0 heterocycles. The van der Waals surface area contributed by atoms with Crippen LogP contribution in [0.25, 0.3) is 0 Å². The number of hydrogen-bond donors (Lipinski definition) is 4. The van der Waals surface area contributed by atoms with E-state index in [4.69, 9.17) is 10.8 Å². The highest BCUT2D eigenvalue weighted by Crippen LogP contribution is 2.13. The molecule has 0 saturated heterocycles. The molecule has 1 atom stereocenters. The Morgan fingerprint density at radius 2 is 2.05 bits per heavy atom. The number of aryl methyl sites for hydroxylation is 1. The van der Waals surface area contributed by atoms with E-state index >= 15 is 0 Å². The number of carbonyl (C=O) groups excluding carboxylic acids is 1. The van der Waals surface area contributed by atoms with Crippen molar-refractivity contribution in [1.82, 2.24) is 5.32 Å². The van der Waals surface area contributed by atoms with Gasteiger partial charge in [-0.25, -0.2) is 0 Å². The van der Waals surface area contributed by atoms with E-state index in [0.717, 1.165) is 5.56 Å². The summed E-state index contributed by atoms with van der Waals surface area (Å²) in [5.74, 6) is -1.40. The van der Waals surface area contributed by atoms with Crippen LogP contribution in [0, 0.1) is 6.92 Å². The summed E-state index contributed by atoms with van der Waals surface area (Å²) in [6, 6.07) is 6.40. The minimum atomic E-state index is -1.06. The Balaban J connectivity index is 2.58. The lowest BCUT2D eigenvalue weighted by Crippen LogP contribution is -2.41. The first-order valence-corrected chi connectivity index (χ1v) is 6.06. The van der Waals surface area contributed by atoms with Gasteiger partial charge < -0.3 is 21.5 Å². The van der Waals surface area contributed by atoms with Crippen LogP contribution in [0.1, 0.15) is 12.0 Å². The van der Waals surface area contributed by atoms with Crippen molar-refractivity contribution in [3.05, 3.63) is 29.8 Å². The fourth-order valence-electron chi connectivity index (χ4n) is 1.60. The molecular weight excluding hydrogens is 246 g/mol. The maximum Gasteiger partial charge on any atom is 0.321 e. The summed E-state index contributed by atoms with van der Waals surface area (Å²) in [6.07, 6.45) is -0.135. The number of carboxylic acids is 1. The lowest BCUT2D eigenvalue weighted by Gasteiger charge is -2.14. The number of benzene rings is 1. The molecule has 0 spiro atoms. The van der Waals surface area contributed by atoms with Crippen molar-refractivity contribution in [2.75, 3.05) is 18.4 Å². The van der Waals surface area contributed by atoms with Crippen molar-refractivity contribution >= 4 is 17.6 Å². The third kappa shape index (κ3) is 5.07. The van der Waals surface area contributed by atoms with Gasteiger partial charge in [-0.2, -0.15) is 0 Å². The maximum absolute atomic E-state index is 11.8. The summed E-state index contributed by atoms with van der Waals surface area (Å²) in [4.78, 5) is 22.8. The van der Waals surface area contributed by atoms with Gasteiger partial charge in [-0.3, -0.25) is 9.59 Å². The van der Waals surface area contributed by atoms with Crippen LogP contribution in [-0.2, 0) is 9.59 Å². The second kappa shape index (κ2) is 7.50. The molecule has 1 amide bonds. The van der Waals surface area contributed by atoms with E-state index in [1.165, 1.54) is 0 Å². The molecule has 0 radical (unpaired) electrons. The van der Waals surface area contributed by atoms with Crippen LogP contribution in [-0.4, -0.2) is 36.1 Å². The van der Waals surface area contributed by atoms with Gasteiger partial charge in [-0.05, 0) is 18.6 Å². The van der Waals surface area contributed by atoms with Crippen LogP contribution in [0.15, 0.2) is 24.3 Å². The molecular formula is C13H19N3O3. The average Bonchev–Trinajstić information content (AvgIpc) is 2.37. The number of aliphatic carboxylic acids is 1. The van der Waals surface area contributed by atoms with Gasteiger partial charge in [0.15, 0.2) is 0 Å². The smallest absolute Gasteiger partial charge is 0.321 e. The number of hydrogen-bond acceptors (Lipinski definition) is 4. The van der Waals surface area contributed by atoms with E-state index in [1.807, 2.05) is 25.1 Å². The van der Waals surface area contributed by atoms with Crippen LogP contribution < -0.4 is 16.4 Å². The number of nitrogens with one attached hydrogen (secondary N) is 2. The molecule has 1 unspecified atom stereocenters. The van der Waals surface area contributed by atoms with Gasteiger partial charge in [0.05, 0.1) is 6.42 Å². The Bertz CT molecular complexity index is 449. The molecule has 1 aromatic carbocycles. The topological polar surface area (TPSA) is 104 Å². The second-order valence-corrected chi connectivity index (χ2v) is 4.20. The van der Waals surface area contributed by atoms with Gasteiger partial charge in [-0.1, -0.05) is 18.2 Å². The Hall–Kier alpha value is -1.92. The number of amides is 1. The quantitative estimate of drug-likeness (QED) is 0.568. The monoisotopic (exact) mass is 265 g/mol. The van der Waals surface area contributed by atoms with Crippen molar-refractivity contribution in [3.63, 3.8) is 0 Å². The first-order valence-electron chi connectivity index (χ1n) is 6.06. The summed E-state index contributed by atoms with van der Waals surface area (Å²) in [5.41, 5.74) is 6.91. The number of anilines is 1. The lowest BCUT2D eigenvalue weighted by molar-refractivity contribution is -0.141. The van der Waals surface area contributed by atoms with Gasteiger partial charge in [0.2, 0.25) is 5.91 Å². The van der Waals surface area contributed by atoms with Gasteiger partial charge in [0.1, 0.15) is 6.04 Å². The predicted molar refractivity (Wildman–Crippen MR) is 72.9 cm³/mol. The first-order chi connectivity index (χ1) is 9.04. The molecule has 0 bridgehead atoms. The third-order valence-corrected chi connectivity index (χ3v) is 2.64. The minimum Gasteiger partial charge on any atom is -0.480 e. The predicted octanol–water partition coefficient (Wildman–Crippen LogP) is 0.325. The molecule has 0 aliphatic carbocycles. The minimum absolute atomic E-state index is 0.135. The van der Waals surface area contributed by atoms with E-state index in [0.29, 0.717) is 18.8 Å². The Kier molecular flexibility index (Phi) is 5.98. The van der Waals surface area contributed by atoms with E-state index < -0.39 is 12.0 Å². The standard InChI is InChI=1S/C13H19N3O3/c1-9-4-2-3-5-10(9)16-12(17)8-11(13(18)19)15-7-6-14/h2-5,11,15H,6-8,14H2,1H3,(H,16,17)(H,18,19). The Morgan fingerprint density at radius 3 is 2.63 bits per heavy atom. The largest absolute Gasteiger partial charge is 0.480 e. The molecule has 1 rings (SSSR count). The average molecular weight is 265 g/mol. The van der Waals surface area contributed by atoms with E-state index in [2.05, 4.69) is 10.6 Å². The van der Waals surface area contributed by atoms with Crippen molar-refractivity contribution in [3.8, 4) is 0 Å². The normalized spacial score (nSPS) is 11.9. The Morgan fingerprint density at radius 1 is 1.37 bits per heavy atom. The fraction of sp³-hybridized carbons (Fsp3) is 0.385. The maximum atomic E-state index is 11.8. The van der Waals surface area contributed by atoms with Crippen LogP contribution in [0.3, 0.4) is 0 Å². The van der Waals surface area contributed by atoms with E-state index in [9.17, 15) is 9.59 Å². The van der Waals surface area contributed by atoms with Gasteiger partial charge in [0.25, 0.3) is 0 Å². The molecule has 6 heteroatoms. The van der Waals surface area contributed by atoms with Crippen molar-refractivity contribution in [1.29, 1.82) is 0 Å². The SMILES string of the molecule is Cc1ccccc1NC(=O)CC(NCCN)C(=O)O. The van der Waals surface area contributed by atoms with E-state index in [1.54, 1.807) is 6.07 Å². The van der Waals surface area contributed by atoms with Crippen LogP contribution >= 0.6 is 0 Å². The molecule has 5 N–H and O–H groups in total. The number of nitrogens with two attached hydrogens (primary N) is 1. The molecule has 0 saturated carbocycles. The molecule has 0 aromatic heterocycles.